The Hall–Kier alpha value is -3.23. The second-order valence-electron chi connectivity index (χ2n) is 5.29. The predicted molar refractivity (Wildman–Crippen MR) is 96.6 cm³/mol. The summed E-state index contributed by atoms with van der Waals surface area (Å²) in [4.78, 5) is 12.0. The minimum atomic E-state index is -0.306. The number of benzene rings is 2. The van der Waals surface area contributed by atoms with E-state index in [9.17, 15) is 4.79 Å². The Balaban J connectivity index is 1.68. The summed E-state index contributed by atoms with van der Waals surface area (Å²) in [7, 11) is 0. The smallest absolute Gasteiger partial charge is 0.291 e. The fourth-order valence-corrected chi connectivity index (χ4v) is 2.49. The van der Waals surface area contributed by atoms with Crippen LogP contribution >= 0.6 is 11.6 Å². The lowest BCUT2D eigenvalue weighted by Crippen LogP contribution is -2.11. The maximum Gasteiger partial charge on any atom is 0.291 e. The SMILES string of the molecule is N#Cc1cc(Cl)ccc1NCc1cccc(NC(=O)c2ccco2)c1. The van der Waals surface area contributed by atoms with Gasteiger partial charge < -0.3 is 15.1 Å². The highest BCUT2D eigenvalue weighted by atomic mass is 35.5. The van der Waals surface area contributed by atoms with Gasteiger partial charge in [0.25, 0.3) is 5.91 Å². The van der Waals surface area contributed by atoms with Gasteiger partial charge in [-0.1, -0.05) is 23.7 Å². The molecule has 2 aromatic carbocycles. The van der Waals surface area contributed by atoms with Gasteiger partial charge in [-0.3, -0.25) is 4.79 Å². The molecule has 0 unspecified atom stereocenters. The van der Waals surface area contributed by atoms with Crippen LogP contribution < -0.4 is 10.6 Å². The van der Waals surface area contributed by atoms with E-state index in [4.69, 9.17) is 21.3 Å². The summed E-state index contributed by atoms with van der Waals surface area (Å²) in [6.45, 7) is 0.501. The van der Waals surface area contributed by atoms with Gasteiger partial charge in [0.2, 0.25) is 0 Å². The average molecular weight is 352 g/mol. The van der Waals surface area contributed by atoms with Crippen LogP contribution in [0.5, 0.6) is 0 Å². The van der Waals surface area contributed by atoms with E-state index in [1.807, 2.05) is 18.2 Å². The molecule has 0 aliphatic heterocycles. The summed E-state index contributed by atoms with van der Waals surface area (Å²) in [6, 6.07) is 17.9. The van der Waals surface area contributed by atoms with E-state index in [0.717, 1.165) is 5.56 Å². The molecule has 1 heterocycles. The molecule has 5 nitrogen and oxygen atoms in total. The van der Waals surface area contributed by atoms with E-state index in [1.54, 1.807) is 36.4 Å². The predicted octanol–water partition coefficient (Wildman–Crippen LogP) is 4.67. The molecule has 0 saturated heterocycles. The summed E-state index contributed by atoms with van der Waals surface area (Å²) in [5, 5.41) is 15.7. The normalized spacial score (nSPS) is 10.1. The maximum absolute atomic E-state index is 12.0. The van der Waals surface area contributed by atoms with Crippen LogP contribution in [-0.2, 0) is 6.54 Å². The van der Waals surface area contributed by atoms with Crippen LogP contribution in [0.4, 0.5) is 11.4 Å². The van der Waals surface area contributed by atoms with Crippen molar-refractivity contribution in [1.82, 2.24) is 0 Å². The van der Waals surface area contributed by atoms with Gasteiger partial charge in [-0.2, -0.15) is 5.26 Å². The van der Waals surface area contributed by atoms with E-state index < -0.39 is 0 Å². The minimum Gasteiger partial charge on any atom is -0.459 e. The molecule has 0 aliphatic carbocycles. The monoisotopic (exact) mass is 351 g/mol. The van der Waals surface area contributed by atoms with Crippen LogP contribution in [0.25, 0.3) is 0 Å². The number of hydrogen-bond donors (Lipinski definition) is 2. The van der Waals surface area contributed by atoms with Crippen LogP contribution in [0.3, 0.4) is 0 Å². The molecule has 1 aromatic heterocycles. The number of carbonyl (C=O) groups excluding carboxylic acids is 1. The first-order valence-corrected chi connectivity index (χ1v) is 7.91. The molecule has 0 spiro atoms. The number of amides is 1. The number of nitriles is 1. The number of nitrogens with zero attached hydrogens (tertiary/aromatic N) is 1. The first-order valence-electron chi connectivity index (χ1n) is 7.53. The highest BCUT2D eigenvalue weighted by Gasteiger charge is 2.09. The lowest BCUT2D eigenvalue weighted by Gasteiger charge is -2.10. The Morgan fingerprint density at radius 3 is 2.80 bits per heavy atom. The number of furan rings is 1. The van der Waals surface area contributed by atoms with Crippen LogP contribution in [0.15, 0.2) is 65.3 Å². The zero-order chi connectivity index (χ0) is 17.6. The topological polar surface area (TPSA) is 78.1 Å². The lowest BCUT2D eigenvalue weighted by molar-refractivity contribution is 0.0996. The maximum atomic E-state index is 12.0. The number of nitrogens with one attached hydrogen (secondary N) is 2. The second kappa shape index (κ2) is 7.56. The van der Waals surface area contributed by atoms with Crippen LogP contribution in [-0.4, -0.2) is 5.91 Å². The third-order valence-corrected chi connectivity index (χ3v) is 3.75. The molecule has 3 aromatic rings. The molecule has 0 fully saturated rings. The van der Waals surface area contributed by atoms with Gasteiger partial charge in [0, 0.05) is 17.3 Å². The molecule has 0 saturated carbocycles. The molecule has 0 aliphatic rings. The van der Waals surface area contributed by atoms with Crippen molar-refractivity contribution in [3.8, 4) is 6.07 Å². The van der Waals surface area contributed by atoms with Gasteiger partial charge >= 0.3 is 0 Å². The van der Waals surface area contributed by atoms with Gasteiger partial charge in [-0.15, -0.1) is 0 Å². The van der Waals surface area contributed by atoms with Crippen molar-refractivity contribution >= 4 is 28.9 Å². The zero-order valence-electron chi connectivity index (χ0n) is 13.1. The third-order valence-electron chi connectivity index (χ3n) is 3.51. The van der Waals surface area contributed by atoms with E-state index >= 15 is 0 Å². The van der Waals surface area contributed by atoms with Crippen molar-refractivity contribution in [3.63, 3.8) is 0 Å². The van der Waals surface area contributed by atoms with Gasteiger partial charge in [0.1, 0.15) is 6.07 Å². The number of hydrogen-bond acceptors (Lipinski definition) is 4. The molecule has 3 rings (SSSR count). The average Bonchev–Trinajstić information content (AvgIpc) is 3.15. The zero-order valence-corrected chi connectivity index (χ0v) is 13.9. The van der Waals surface area contributed by atoms with Crippen molar-refractivity contribution < 1.29 is 9.21 Å². The molecule has 124 valence electrons. The van der Waals surface area contributed by atoms with E-state index in [1.165, 1.54) is 6.26 Å². The first-order chi connectivity index (χ1) is 12.2. The summed E-state index contributed by atoms with van der Waals surface area (Å²) in [5.74, 6) is -0.0528. The number of anilines is 2. The molecular weight excluding hydrogens is 338 g/mol. The van der Waals surface area contributed by atoms with Crippen LogP contribution in [0.1, 0.15) is 21.7 Å². The second-order valence-corrected chi connectivity index (χ2v) is 5.72. The Morgan fingerprint density at radius 2 is 2.04 bits per heavy atom. The fourth-order valence-electron chi connectivity index (χ4n) is 2.32. The highest BCUT2D eigenvalue weighted by Crippen LogP contribution is 2.21. The van der Waals surface area contributed by atoms with Crippen LogP contribution in [0, 0.1) is 11.3 Å². The standard InChI is InChI=1S/C19H14ClN3O2/c20-15-6-7-17(14(10-15)11-21)22-12-13-3-1-4-16(9-13)23-19(24)18-5-2-8-25-18/h1-10,22H,12H2,(H,23,24). The molecule has 0 radical (unpaired) electrons. The van der Waals surface area contributed by atoms with Gasteiger partial charge in [0.15, 0.2) is 5.76 Å². The van der Waals surface area contributed by atoms with E-state index in [2.05, 4.69) is 16.7 Å². The largest absolute Gasteiger partial charge is 0.459 e. The molecule has 2 N–H and O–H groups in total. The summed E-state index contributed by atoms with van der Waals surface area (Å²) >= 11 is 5.90. The number of carbonyl (C=O) groups is 1. The van der Waals surface area contributed by atoms with Gasteiger partial charge in [-0.05, 0) is 48.0 Å². The molecule has 1 amide bonds. The van der Waals surface area contributed by atoms with E-state index in [-0.39, 0.29) is 11.7 Å². The van der Waals surface area contributed by atoms with Crippen molar-refractivity contribution in [1.29, 1.82) is 5.26 Å². The Kier molecular flexibility index (Phi) is 5.03. The van der Waals surface area contributed by atoms with E-state index in [0.29, 0.717) is 28.5 Å². The van der Waals surface area contributed by atoms with Crippen molar-refractivity contribution in [2.24, 2.45) is 0 Å². The minimum absolute atomic E-state index is 0.253. The van der Waals surface area contributed by atoms with Gasteiger partial charge in [-0.25, -0.2) is 0 Å². The highest BCUT2D eigenvalue weighted by molar-refractivity contribution is 6.30. The van der Waals surface area contributed by atoms with Crippen molar-refractivity contribution in [2.45, 2.75) is 6.54 Å². The summed E-state index contributed by atoms with van der Waals surface area (Å²) in [5.41, 5.74) is 2.81. The Morgan fingerprint density at radius 1 is 1.16 bits per heavy atom. The number of rotatable bonds is 5. The summed E-state index contributed by atoms with van der Waals surface area (Å²) in [6.07, 6.45) is 1.45. The fraction of sp³-hybridized carbons (Fsp3) is 0.0526. The molecule has 6 heteroatoms. The Bertz CT molecular complexity index is 930. The van der Waals surface area contributed by atoms with Crippen molar-refractivity contribution in [3.05, 3.63) is 82.8 Å². The van der Waals surface area contributed by atoms with Crippen molar-refractivity contribution in [2.75, 3.05) is 10.6 Å². The first kappa shape index (κ1) is 16.6. The summed E-state index contributed by atoms with van der Waals surface area (Å²) < 4.78 is 5.07. The molecule has 25 heavy (non-hydrogen) atoms. The quantitative estimate of drug-likeness (QED) is 0.700. The molecule has 0 atom stereocenters. The lowest BCUT2D eigenvalue weighted by atomic mass is 10.1. The van der Waals surface area contributed by atoms with Gasteiger partial charge in [0.05, 0.1) is 17.5 Å². The molecular formula is C19H14ClN3O2. The Labute approximate surface area is 149 Å². The molecule has 0 bridgehead atoms. The van der Waals surface area contributed by atoms with Crippen LogP contribution in [0.2, 0.25) is 5.02 Å². The number of halogens is 1. The third kappa shape index (κ3) is 4.19.